The topological polar surface area (TPSA) is 127 Å². The van der Waals surface area contributed by atoms with Gasteiger partial charge >= 0.3 is 0 Å². The minimum absolute atomic E-state index is 0.0690. The van der Waals surface area contributed by atoms with Crippen molar-refractivity contribution in [2.24, 2.45) is 10.6 Å². The van der Waals surface area contributed by atoms with Crippen molar-refractivity contribution in [3.8, 4) is 17.0 Å². The Morgan fingerprint density at radius 3 is 2.47 bits per heavy atom. The quantitative estimate of drug-likeness (QED) is 0.378. The number of carbonyl (C=O) groups is 2. The van der Waals surface area contributed by atoms with Gasteiger partial charge in [-0.15, -0.1) is 0 Å². The smallest absolute Gasteiger partial charge is 0.298 e. The Hall–Kier alpha value is -3.41. The Labute approximate surface area is 277 Å². The number of carbonyl (C=O) groups excluding carboxylic acids is 2. The van der Waals surface area contributed by atoms with E-state index in [0.717, 1.165) is 78.8 Å². The molecular weight excluding hydrogens is 614 g/mol. The first-order valence-corrected chi connectivity index (χ1v) is 18.9. The van der Waals surface area contributed by atoms with E-state index >= 15 is 0 Å². The van der Waals surface area contributed by atoms with Crippen LogP contribution in [0.2, 0.25) is 0 Å². The number of likely N-dealkylation sites (tertiary alicyclic amines) is 2. The number of amides is 2. The summed E-state index contributed by atoms with van der Waals surface area (Å²) >= 11 is 0. The van der Waals surface area contributed by atoms with Gasteiger partial charge in [0, 0.05) is 59.7 Å². The molecule has 2 saturated carbocycles. The molecule has 0 radical (unpaired) electrons. The third-order valence-corrected chi connectivity index (χ3v) is 11.9. The van der Waals surface area contributed by atoms with Crippen LogP contribution in [-0.2, 0) is 21.5 Å². The number of rotatable bonds is 6. The van der Waals surface area contributed by atoms with Crippen molar-refractivity contribution < 1.29 is 22.7 Å². The molecule has 3 N–H and O–H groups in total. The number of ether oxygens (including phenoxy) is 1. The van der Waals surface area contributed by atoms with Crippen LogP contribution < -0.4 is 14.6 Å². The Morgan fingerprint density at radius 2 is 1.81 bits per heavy atom. The van der Waals surface area contributed by atoms with Crippen LogP contribution in [-0.4, -0.2) is 73.4 Å². The van der Waals surface area contributed by atoms with Gasteiger partial charge < -0.3 is 14.2 Å². The molecule has 2 aliphatic carbocycles. The van der Waals surface area contributed by atoms with Gasteiger partial charge in [0.05, 0.1) is 18.2 Å². The van der Waals surface area contributed by atoms with Crippen molar-refractivity contribution >= 4 is 32.9 Å². The van der Waals surface area contributed by atoms with Gasteiger partial charge in [-0.1, -0.05) is 46.1 Å². The first-order valence-electron chi connectivity index (χ1n) is 17.4. The number of fused-ring (bicyclic) bond motifs is 9. The van der Waals surface area contributed by atoms with Gasteiger partial charge in [0.1, 0.15) is 5.75 Å². The highest BCUT2D eigenvalue weighted by Crippen LogP contribution is 2.66. The fourth-order valence-corrected chi connectivity index (χ4v) is 9.66. The highest BCUT2D eigenvalue weighted by Gasteiger charge is 2.65. The summed E-state index contributed by atoms with van der Waals surface area (Å²) < 4.78 is 33.4. The second-order valence-corrected chi connectivity index (χ2v) is 15.1. The molecule has 3 aliphatic heterocycles. The standard InChI is InChI=1S/C34H41N5O5S.C2H6/c1-3-37-17-23-14-22(37)18-38(23)33(41)34-16-28(34)27-15-24(44-2)10-12-25(27)31-30(20-7-5-4-6-8-20)26-11-9-21(13-29(26)39(31)19-34)32(40)36-45(35,42)43;1-2/h9-13,15,20,22-23,28H,3-8,14,16-19H2,1-2H3,(H,36,40)(H2,35,42,43);1-2H3/t22-,23-,28?,34?;/m1./s1. The molecule has 3 aromatic rings. The van der Waals surface area contributed by atoms with E-state index in [1.165, 1.54) is 24.8 Å². The molecule has 11 heteroatoms. The Balaban J connectivity index is 0.00000172. The maximum atomic E-state index is 14.8. The molecule has 4 fully saturated rings. The molecular formula is C36H47N5O5S. The van der Waals surface area contributed by atoms with E-state index in [9.17, 15) is 18.0 Å². The van der Waals surface area contributed by atoms with E-state index < -0.39 is 21.5 Å². The van der Waals surface area contributed by atoms with Gasteiger partial charge in [-0.25, -0.2) is 9.86 Å². The maximum Gasteiger partial charge on any atom is 0.298 e. The molecule has 5 aliphatic rings. The minimum Gasteiger partial charge on any atom is -0.497 e. The lowest BCUT2D eigenvalue weighted by Crippen LogP contribution is -2.51. The van der Waals surface area contributed by atoms with Crippen LogP contribution in [0.1, 0.15) is 99.0 Å². The zero-order valence-corrected chi connectivity index (χ0v) is 28.7. The van der Waals surface area contributed by atoms with Gasteiger partial charge in [-0.3, -0.25) is 14.5 Å². The number of methoxy groups -OCH3 is 1. The zero-order valence-electron chi connectivity index (χ0n) is 27.9. The lowest BCUT2D eigenvalue weighted by molar-refractivity contribution is -0.140. The molecule has 1 aromatic heterocycles. The van der Waals surface area contributed by atoms with E-state index in [0.29, 0.717) is 18.5 Å². The molecule has 252 valence electrons. The van der Waals surface area contributed by atoms with E-state index in [1.54, 1.807) is 19.2 Å². The van der Waals surface area contributed by atoms with Gasteiger partial charge in [0.25, 0.3) is 16.1 Å². The van der Waals surface area contributed by atoms with Crippen LogP contribution in [0, 0.1) is 5.41 Å². The van der Waals surface area contributed by atoms with Crippen molar-refractivity contribution in [3.05, 3.63) is 53.1 Å². The number of aromatic nitrogens is 1. The first-order chi connectivity index (χ1) is 22.6. The Bertz CT molecular complexity index is 1850. The van der Waals surface area contributed by atoms with Crippen LogP contribution in [0.15, 0.2) is 36.4 Å². The Morgan fingerprint density at radius 1 is 1.04 bits per heavy atom. The van der Waals surface area contributed by atoms with E-state index in [4.69, 9.17) is 9.88 Å². The molecule has 2 bridgehead atoms. The van der Waals surface area contributed by atoms with E-state index in [-0.39, 0.29) is 23.4 Å². The molecule has 2 amide bonds. The van der Waals surface area contributed by atoms with Crippen molar-refractivity contribution in [2.45, 2.75) is 96.2 Å². The summed E-state index contributed by atoms with van der Waals surface area (Å²) in [4.78, 5) is 32.4. The number of hydrogen-bond acceptors (Lipinski definition) is 6. The largest absolute Gasteiger partial charge is 0.497 e. The molecule has 2 aromatic carbocycles. The highest BCUT2D eigenvalue weighted by atomic mass is 32.2. The van der Waals surface area contributed by atoms with Crippen molar-refractivity contribution in [1.29, 1.82) is 0 Å². The number of nitrogens with two attached hydrogens (primary N) is 1. The number of nitrogens with zero attached hydrogens (tertiary/aromatic N) is 3. The number of nitrogens with one attached hydrogen (secondary N) is 1. The number of hydrogen-bond donors (Lipinski definition) is 2. The van der Waals surface area contributed by atoms with Crippen LogP contribution in [0.3, 0.4) is 0 Å². The Kier molecular flexibility index (Phi) is 8.16. The third kappa shape index (κ3) is 5.25. The predicted molar refractivity (Wildman–Crippen MR) is 183 cm³/mol. The lowest BCUT2D eigenvalue weighted by atomic mass is 9.81. The summed E-state index contributed by atoms with van der Waals surface area (Å²) in [5.41, 5.74) is 5.16. The maximum absolute atomic E-state index is 14.8. The fraction of sp³-hybridized carbons (Fsp3) is 0.556. The average Bonchev–Trinajstić information content (AvgIpc) is 3.32. The highest BCUT2D eigenvalue weighted by molar-refractivity contribution is 7.87. The molecule has 4 atom stereocenters. The number of piperazine rings is 1. The summed E-state index contributed by atoms with van der Waals surface area (Å²) in [6.45, 7) is 9.43. The normalized spacial score (nSPS) is 26.5. The monoisotopic (exact) mass is 661 g/mol. The van der Waals surface area contributed by atoms with Crippen molar-refractivity contribution in [1.82, 2.24) is 19.1 Å². The SMILES string of the molecule is CC.CCN1C[C@H]2C[C@@H]1CN2C(=O)C12CC1c1cc(OC)ccc1-c1c(C3CCCCC3)c3ccc(C(=O)NS(N)(=O)=O)cc3n1C2. The summed E-state index contributed by atoms with van der Waals surface area (Å²) in [6.07, 6.45) is 7.53. The fourth-order valence-electron chi connectivity index (χ4n) is 9.28. The number of likely N-dealkylation sites (N-methyl/N-ethyl adjacent to an activating group) is 1. The molecule has 2 saturated heterocycles. The summed E-state index contributed by atoms with van der Waals surface area (Å²) in [5, 5.41) is 6.21. The van der Waals surface area contributed by atoms with Gasteiger partial charge in [-0.05, 0) is 79.6 Å². The average molecular weight is 662 g/mol. The lowest BCUT2D eigenvalue weighted by Gasteiger charge is -2.36. The third-order valence-electron chi connectivity index (χ3n) is 11.5. The first kappa shape index (κ1) is 32.2. The van der Waals surface area contributed by atoms with Crippen LogP contribution in [0.5, 0.6) is 5.75 Å². The molecule has 4 heterocycles. The second kappa shape index (κ2) is 11.9. The van der Waals surface area contributed by atoms with Crippen LogP contribution in [0.25, 0.3) is 22.2 Å². The minimum atomic E-state index is -4.22. The second-order valence-electron chi connectivity index (χ2n) is 13.8. The van der Waals surface area contributed by atoms with Gasteiger partial charge in [-0.2, -0.15) is 8.42 Å². The summed E-state index contributed by atoms with van der Waals surface area (Å²) in [6, 6.07) is 12.4. The van der Waals surface area contributed by atoms with Crippen molar-refractivity contribution in [2.75, 3.05) is 26.7 Å². The molecule has 8 rings (SSSR count). The van der Waals surface area contributed by atoms with Crippen LogP contribution >= 0.6 is 0 Å². The van der Waals surface area contributed by atoms with Crippen LogP contribution in [0.4, 0.5) is 0 Å². The van der Waals surface area contributed by atoms with Gasteiger partial charge in [0.2, 0.25) is 5.91 Å². The van der Waals surface area contributed by atoms with Crippen molar-refractivity contribution in [3.63, 3.8) is 0 Å². The van der Waals surface area contributed by atoms with E-state index in [2.05, 4.69) is 33.4 Å². The molecule has 2 unspecified atom stereocenters. The van der Waals surface area contributed by atoms with E-state index in [1.807, 2.05) is 30.7 Å². The predicted octanol–water partition coefficient (Wildman–Crippen LogP) is 5.12. The summed E-state index contributed by atoms with van der Waals surface area (Å²) in [5.74, 6) is 0.677. The summed E-state index contributed by atoms with van der Waals surface area (Å²) in [7, 11) is -2.54. The molecule has 47 heavy (non-hydrogen) atoms. The number of benzene rings is 2. The molecule has 0 spiro atoms. The molecule has 10 nitrogen and oxygen atoms in total. The van der Waals surface area contributed by atoms with Gasteiger partial charge in [0.15, 0.2) is 0 Å². The zero-order chi connectivity index (χ0) is 33.2.